The topological polar surface area (TPSA) is 99.2 Å². The Morgan fingerprint density at radius 3 is 2.19 bits per heavy atom. The molecule has 3 rings (SSSR count). The minimum atomic E-state index is -1.19. The highest BCUT2D eigenvalue weighted by atomic mass is 16.5. The zero-order chi connectivity index (χ0) is 18.8. The zero-order valence-electron chi connectivity index (χ0n) is 14.4. The molecule has 2 aliphatic rings. The van der Waals surface area contributed by atoms with Gasteiger partial charge in [0.15, 0.2) is 0 Å². The number of hydrogen-bond donors (Lipinski definition) is 0. The quantitative estimate of drug-likeness (QED) is 0.422. The molecule has 26 heavy (non-hydrogen) atoms. The summed E-state index contributed by atoms with van der Waals surface area (Å²) in [6.07, 6.45) is 0.0791. The van der Waals surface area contributed by atoms with Crippen molar-refractivity contribution in [1.29, 1.82) is 0 Å². The molecular weight excluding hydrogens is 342 g/mol. The van der Waals surface area contributed by atoms with E-state index in [0.29, 0.717) is 0 Å². The van der Waals surface area contributed by atoms with Crippen molar-refractivity contribution in [2.45, 2.75) is 25.1 Å². The fourth-order valence-corrected chi connectivity index (χ4v) is 3.65. The Bertz CT molecular complexity index is 732. The molecule has 138 valence electrons. The SMILES string of the molecule is COC(=O)[C@@H]1[C@H](C(=O)OC)[C@@H](C(=O)OCc2ccccc2)N2C(=O)C[C@H]12. The molecule has 0 aliphatic carbocycles. The van der Waals surface area contributed by atoms with Crippen LogP contribution in [-0.2, 0) is 40.0 Å². The van der Waals surface area contributed by atoms with Crippen molar-refractivity contribution in [2.24, 2.45) is 11.8 Å². The third kappa shape index (κ3) is 2.91. The number of amides is 1. The molecule has 0 bridgehead atoms. The van der Waals surface area contributed by atoms with Crippen LogP contribution in [0.3, 0.4) is 0 Å². The summed E-state index contributed by atoms with van der Waals surface area (Å²) >= 11 is 0. The second-order valence-corrected chi connectivity index (χ2v) is 6.21. The molecule has 0 N–H and O–H groups in total. The molecule has 4 atom stereocenters. The van der Waals surface area contributed by atoms with Gasteiger partial charge in [0.25, 0.3) is 0 Å². The lowest BCUT2D eigenvalue weighted by molar-refractivity contribution is -0.165. The number of hydrogen-bond acceptors (Lipinski definition) is 7. The van der Waals surface area contributed by atoms with E-state index in [4.69, 9.17) is 14.2 Å². The second kappa shape index (κ2) is 7.15. The molecule has 0 aromatic heterocycles. The molecule has 1 aromatic rings. The molecule has 8 heteroatoms. The first-order chi connectivity index (χ1) is 12.5. The smallest absolute Gasteiger partial charge is 0.330 e. The predicted molar refractivity (Wildman–Crippen MR) is 86.3 cm³/mol. The molecule has 0 radical (unpaired) electrons. The number of methoxy groups -OCH3 is 2. The molecule has 2 saturated heterocycles. The van der Waals surface area contributed by atoms with Crippen LogP contribution in [0.1, 0.15) is 12.0 Å². The Hall–Kier alpha value is -2.90. The van der Waals surface area contributed by atoms with E-state index in [1.165, 1.54) is 19.1 Å². The van der Waals surface area contributed by atoms with E-state index < -0.39 is 41.8 Å². The van der Waals surface area contributed by atoms with Gasteiger partial charge in [-0.1, -0.05) is 30.3 Å². The molecule has 1 amide bonds. The van der Waals surface area contributed by atoms with Crippen molar-refractivity contribution in [3.05, 3.63) is 35.9 Å². The van der Waals surface area contributed by atoms with Crippen molar-refractivity contribution in [1.82, 2.24) is 4.90 Å². The van der Waals surface area contributed by atoms with E-state index in [-0.39, 0.29) is 18.9 Å². The summed E-state index contributed by atoms with van der Waals surface area (Å²) in [5.74, 6) is -4.54. The molecule has 1 aromatic carbocycles. The van der Waals surface area contributed by atoms with Crippen molar-refractivity contribution < 1.29 is 33.4 Å². The Balaban J connectivity index is 1.84. The third-order valence-corrected chi connectivity index (χ3v) is 4.88. The van der Waals surface area contributed by atoms with Crippen LogP contribution >= 0.6 is 0 Å². The third-order valence-electron chi connectivity index (χ3n) is 4.88. The van der Waals surface area contributed by atoms with E-state index >= 15 is 0 Å². The number of nitrogens with zero attached hydrogens (tertiary/aromatic N) is 1. The first-order valence-electron chi connectivity index (χ1n) is 8.17. The van der Waals surface area contributed by atoms with Crippen LogP contribution in [0.15, 0.2) is 30.3 Å². The van der Waals surface area contributed by atoms with Gasteiger partial charge >= 0.3 is 17.9 Å². The Morgan fingerprint density at radius 2 is 1.62 bits per heavy atom. The lowest BCUT2D eigenvalue weighted by atomic mass is 9.85. The number of esters is 3. The Kier molecular flexibility index (Phi) is 4.92. The highest BCUT2D eigenvalue weighted by Crippen LogP contribution is 2.45. The Labute approximate surface area is 150 Å². The minimum Gasteiger partial charge on any atom is -0.469 e. The van der Waals surface area contributed by atoms with Crippen LogP contribution in [0, 0.1) is 11.8 Å². The summed E-state index contributed by atoms with van der Waals surface area (Å²) in [6.45, 7) is -0.000343. The van der Waals surface area contributed by atoms with Gasteiger partial charge in [0.1, 0.15) is 18.6 Å². The Morgan fingerprint density at radius 1 is 1.00 bits per heavy atom. The fourth-order valence-electron chi connectivity index (χ4n) is 3.65. The largest absolute Gasteiger partial charge is 0.469 e. The summed E-state index contributed by atoms with van der Waals surface area (Å²) in [5, 5.41) is 0. The maximum absolute atomic E-state index is 12.7. The maximum Gasteiger partial charge on any atom is 0.330 e. The number of benzene rings is 1. The summed E-state index contributed by atoms with van der Waals surface area (Å²) in [6, 6.07) is 7.26. The number of fused-ring (bicyclic) bond motifs is 1. The van der Waals surface area contributed by atoms with Crippen LogP contribution in [0.25, 0.3) is 0 Å². The molecule has 0 unspecified atom stereocenters. The van der Waals surface area contributed by atoms with Crippen molar-refractivity contribution >= 4 is 23.8 Å². The van der Waals surface area contributed by atoms with Crippen LogP contribution in [0.4, 0.5) is 0 Å². The lowest BCUT2D eigenvalue weighted by Gasteiger charge is -2.38. The zero-order valence-corrected chi connectivity index (χ0v) is 14.4. The number of ether oxygens (including phenoxy) is 3. The van der Waals surface area contributed by atoms with Crippen molar-refractivity contribution in [2.75, 3.05) is 14.2 Å². The molecule has 0 spiro atoms. The first kappa shape index (κ1) is 17.9. The minimum absolute atomic E-state index is 0.000343. The van der Waals surface area contributed by atoms with E-state index in [0.717, 1.165) is 5.56 Å². The van der Waals surface area contributed by atoms with Crippen molar-refractivity contribution in [3.8, 4) is 0 Å². The van der Waals surface area contributed by atoms with Crippen LogP contribution in [0.2, 0.25) is 0 Å². The van der Waals surface area contributed by atoms with Gasteiger partial charge < -0.3 is 19.1 Å². The van der Waals surface area contributed by atoms with E-state index in [1.807, 2.05) is 6.07 Å². The van der Waals surface area contributed by atoms with Gasteiger partial charge in [0.2, 0.25) is 5.91 Å². The van der Waals surface area contributed by atoms with Gasteiger partial charge in [-0.2, -0.15) is 0 Å². The molecule has 2 aliphatic heterocycles. The van der Waals surface area contributed by atoms with Crippen LogP contribution < -0.4 is 0 Å². The fraction of sp³-hybridized carbons (Fsp3) is 0.444. The second-order valence-electron chi connectivity index (χ2n) is 6.21. The average molecular weight is 361 g/mol. The maximum atomic E-state index is 12.7. The standard InChI is InChI=1S/C18H19NO7/c1-24-16(21)13-11-8-12(20)19(11)15(14(13)17(22)25-2)18(23)26-9-10-6-4-3-5-7-10/h3-7,11,13-15H,8-9H2,1-2H3/t11-,13+,14+,15+/m1/s1. The molecule has 8 nitrogen and oxygen atoms in total. The average Bonchev–Trinajstić information content (AvgIpc) is 2.94. The summed E-state index contributed by atoms with van der Waals surface area (Å²) in [4.78, 5) is 50.4. The summed E-state index contributed by atoms with van der Waals surface area (Å²) < 4.78 is 14.8. The van der Waals surface area contributed by atoms with E-state index in [2.05, 4.69) is 0 Å². The highest BCUT2D eigenvalue weighted by Gasteiger charge is 2.65. The molecule has 0 saturated carbocycles. The van der Waals surface area contributed by atoms with Gasteiger partial charge in [-0.05, 0) is 5.56 Å². The summed E-state index contributed by atoms with van der Waals surface area (Å²) in [7, 11) is 2.36. The first-order valence-corrected chi connectivity index (χ1v) is 8.17. The van der Waals surface area contributed by atoms with Crippen molar-refractivity contribution in [3.63, 3.8) is 0 Å². The van der Waals surface area contributed by atoms with Crippen LogP contribution in [-0.4, -0.2) is 55.0 Å². The molecule has 2 heterocycles. The van der Waals surface area contributed by atoms with Gasteiger partial charge in [0, 0.05) is 6.42 Å². The van der Waals surface area contributed by atoms with E-state index in [1.54, 1.807) is 24.3 Å². The van der Waals surface area contributed by atoms with Gasteiger partial charge in [-0.3, -0.25) is 14.4 Å². The van der Waals surface area contributed by atoms with Gasteiger partial charge in [-0.25, -0.2) is 4.79 Å². The monoisotopic (exact) mass is 361 g/mol. The predicted octanol–water partition coefficient (Wildman–Crippen LogP) is 0.291. The highest BCUT2D eigenvalue weighted by molar-refractivity contribution is 5.98. The van der Waals surface area contributed by atoms with Gasteiger partial charge in [0.05, 0.1) is 26.2 Å². The number of carbonyl (C=O) groups excluding carboxylic acids is 4. The molecule has 2 fully saturated rings. The van der Waals surface area contributed by atoms with E-state index in [9.17, 15) is 19.2 Å². The number of rotatable bonds is 5. The van der Waals surface area contributed by atoms with Crippen LogP contribution in [0.5, 0.6) is 0 Å². The summed E-state index contributed by atoms with van der Waals surface area (Å²) in [5.41, 5.74) is 0.768. The number of β-lactam (4-membered cyclic amide) rings is 1. The van der Waals surface area contributed by atoms with Gasteiger partial charge in [-0.15, -0.1) is 0 Å². The normalized spacial score (nSPS) is 26.5. The number of carbonyl (C=O) groups is 4. The molecular formula is C18H19NO7. The lowest BCUT2D eigenvalue weighted by Crippen LogP contribution is -2.56.